The number of fused-ring (bicyclic) bond motifs is 1. The van der Waals surface area contributed by atoms with Gasteiger partial charge in [-0.3, -0.25) is 4.79 Å². The summed E-state index contributed by atoms with van der Waals surface area (Å²) in [7, 11) is 1.21. The Morgan fingerprint density at radius 1 is 0.967 bits per heavy atom. The van der Waals surface area contributed by atoms with Crippen molar-refractivity contribution in [2.75, 3.05) is 0 Å². The van der Waals surface area contributed by atoms with Crippen molar-refractivity contribution in [2.45, 2.75) is 16.7 Å². The molecule has 1 heterocycles. The fourth-order valence-electron chi connectivity index (χ4n) is 3.05. The van der Waals surface area contributed by atoms with Gasteiger partial charge in [-0.15, -0.1) is 11.7 Å². The van der Waals surface area contributed by atoms with E-state index in [9.17, 15) is 14.7 Å². The number of aryl methyl sites for hydroxylation is 1. The molecule has 4 nitrogen and oxygen atoms in total. The van der Waals surface area contributed by atoms with Crippen LogP contribution in [-0.2, 0) is 0 Å². The minimum Gasteiger partial charge on any atom is -0.508 e. The van der Waals surface area contributed by atoms with Crippen LogP contribution in [0.15, 0.2) is 85.7 Å². The molecule has 2 aromatic rings. The van der Waals surface area contributed by atoms with E-state index >= 15 is 0 Å². The number of phenols is 1. The molecule has 0 spiro atoms. The Kier molecular flexibility index (Phi) is 5.94. The van der Waals surface area contributed by atoms with E-state index in [0.29, 0.717) is 27.3 Å². The first kappa shape index (κ1) is 20.7. The van der Waals surface area contributed by atoms with Crippen molar-refractivity contribution in [3.8, 4) is 28.2 Å². The summed E-state index contributed by atoms with van der Waals surface area (Å²) in [5.74, 6) is 0.503. The highest BCUT2D eigenvalue weighted by Crippen LogP contribution is 2.40. The minimum absolute atomic E-state index is 0.0955. The Hall–Kier alpha value is -2.61. The van der Waals surface area contributed by atoms with Crippen LogP contribution in [0.3, 0.4) is 0 Å². The molecule has 0 bridgehead atoms. The van der Waals surface area contributed by atoms with E-state index in [1.165, 1.54) is 22.9 Å². The highest BCUT2D eigenvalue weighted by Gasteiger charge is 2.21. The molecule has 0 fully saturated rings. The second-order valence-electron chi connectivity index (χ2n) is 6.64. The normalized spacial score (nSPS) is 11.0. The molecule has 0 aromatic heterocycles. The van der Waals surface area contributed by atoms with E-state index in [1.54, 1.807) is 18.2 Å². The summed E-state index contributed by atoms with van der Waals surface area (Å²) in [5, 5.41) is 9.24. The molecule has 150 valence electrons. The molecular formula is C23H16O4S3. The number of thiol groups is 1. The second-order valence-corrected chi connectivity index (χ2v) is 8.83. The maximum absolute atomic E-state index is 12.7. The number of phenolic OH excluding ortho intramolecular Hbond substituents is 1. The number of furan rings is 1. The van der Waals surface area contributed by atoms with Crippen LogP contribution in [0.1, 0.15) is 15.9 Å². The van der Waals surface area contributed by atoms with Gasteiger partial charge in [0, 0.05) is 20.9 Å². The van der Waals surface area contributed by atoms with Gasteiger partial charge in [-0.05, 0) is 66.7 Å². The lowest BCUT2D eigenvalue weighted by atomic mass is 10.0. The molecule has 0 saturated heterocycles. The lowest BCUT2D eigenvalue weighted by Crippen LogP contribution is -1.95. The Morgan fingerprint density at radius 2 is 1.67 bits per heavy atom. The van der Waals surface area contributed by atoms with Gasteiger partial charge in [0.1, 0.15) is 11.5 Å². The Bertz CT molecular complexity index is 1250. The van der Waals surface area contributed by atoms with Crippen molar-refractivity contribution >= 4 is 39.3 Å². The van der Waals surface area contributed by atoms with Gasteiger partial charge in [0.25, 0.3) is 0 Å². The highest BCUT2D eigenvalue weighted by atomic mass is 33.1. The van der Waals surface area contributed by atoms with Gasteiger partial charge in [0.15, 0.2) is 0 Å². The first-order chi connectivity index (χ1) is 14.5. The van der Waals surface area contributed by atoms with Crippen LogP contribution in [0, 0.1) is 6.92 Å². The van der Waals surface area contributed by atoms with Crippen molar-refractivity contribution in [1.29, 1.82) is 0 Å². The summed E-state index contributed by atoms with van der Waals surface area (Å²) in [6.07, 6.45) is 0. The van der Waals surface area contributed by atoms with Crippen molar-refractivity contribution in [2.24, 2.45) is 0 Å². The van der Waals surface area contributed by atoms with E-state index in [2.05, 4.69) is 11.7 Å². The minimum atomic E-state index is -0.416. The third kappa shape index (κ3) is 4.14. The van der Waals surface area contributed by atoms with Gasteiger partial charge >= 0.3 is 5.63 Å². The predicted molar refractivity (Wildman–Crippen MR) is 125 cm³/mol. The first-order valence-corrected chi connectivity index (χ1v) is 11.7. The zero-order chi connectivity index (χ0) is 21.3. The quantitative estimate of drug-likeness (QED) is 0.215. The first-order valence-electron chi connectivity index (χ1n) is 8.97. The van der Waals surface area contributed by atoms with Gasteiger partial charge < -0.3 is 9.52 Å². The van der Waals surface area contributed by atoms with Crippen LogP contribution in [0.25, 0.3) is 22.5 Å². The average Bonchev–Trinajstić information content (AvgIpc) is 2.94. The average molecular weight is 453 g/mol. The van der Waals surface area contributed by atoms with Crippen molar-refractivity contribution in [3.05, 3.63) is 88.3 Å². The summed E-state index contributed by atoms with van der Waals surface area (Å²) in [6, 6.07) is 19.1. The van der Waals surface area contributed by atoms with E-state index in [-0.39, 0.29) is 10.9 Å². The van der Waals surface area contributed by atoms with E-state index < -0.39 is 5.63 Å². The maximum Gasteiger partial charge on any atom is 0.344 e. The summed E-state index contributed by atoms with van der Waals surface area (Å²) in [6.45, 7) is 1.99. The summed E-state index contributed by atoms with van der Waals surface area (Å²) < 4.78 is 5.54. The molecule has 1 N–H and O–H groups in total. The van der Waals surface area contributed by atoms with Crippen molar-refractivity contribution < 1.29 is 14.3 Å². The molecular weight excluding hydrogens is 436 g/mol. The Labute approximate surface area is 186 Å². The molecule has 1 aliphatic carbocycles. The van der Waals surface area contributed by atoms with Crippen molar-refractivity contribution in [1.82, 2.24) is 0 Å². The summed E-state index contributed by atoms with van der Waals surface area (Å²) >= 11 is 5.34. The lowest BCUT2D eigenvalue weighted by Gasteiger charge is -2.03. The molecule has 4 rings (SSSR count). The van der Waals surface area contributed by atoms with Crippen LogP contribution in [-0.4, -0.2) is 10.2 Å². The zero-order valence-corrected chi connectivity index (χ0v) is 18.3. The van der Waals surface area contributed by atoms with Gasteiger partial charge in [-0.2, -0.15) is 0 Å². The third-order valence-electron chi connectivity index (χ3n) is 4.59. The fourth-order valence-corrected chi connectivity index (χ4v) is 5.03. The number of rotatable bonds is 4. The van der Waals surface area contributed by atoms with E-state index in [4.69, 9.17) is 4.42 Å². The van der Waals surface area contributed by atoms with E-state index in [1.807, 2.05) is 43.3 Å². The maximum atomic E-state index is 12.7. The topological polar surface area (TPSA) is 67.5 Å². The zero-order valence-electron chi connectivity index (χ0n) is 15.8. The molecule has 0 atom stereocenters. The van der Waals surface area contributed by atoms with Crippen LogP contribution in [0.2, 0.25) is 0 Å². The Balaban J connectivity index is 1.77. The molecule has 0 saturated carbocycles. The van der Waals surface area contributed by atoms with Crippen LogP contribution < -0.4 is 5.63 Å². The molecule has 0 unspecified atom stereocenters. The monoisotopic (exact) mass is 452 g/mol. The number of carbonyl (C=O) groups is 1. The largest absolute Gasteiger partial charge is 0.508 e. The molecule has 0 radical (unpaired) electrons. The standard InChI is InChI=1S/C23H16O4S3/c1-13-2-4-14(5-3-13)21-17-10-11-19(30-28)20(12-18(17)27-22(21)25)29-23(26)15-6-8-16(24)9-7-15/h2-12,24,28H,1H3. The SMILES string of the molecule is Cc1ccc(-c2c3ccc(SS)c(SC(=O)c4ccc(O)cc4)cc-3oc2=O)cc1. The summed E-state index contributed by atoms with van der Waals surface area (Å²) in [5.41, 5.74) is 3.10. The van der Waals surface area contributed by atoms with Crippen LogP contribution >= 0.6 is 34.2 Å². The molecule has 1 aliphatic heterocycles. The lowest BCUT2D eigenvalue weighted by molar-refractivity contribution is 0.108. The highest BCUT2D eigenvalue weighted by molar-refractivity contribution is 8.68. The number of hydrogen-bond acceptors (Lipinski definition) is 7. The number of benzene rings is 2. The summed E-state index contributed by atoms with van der Waals surface area (Å²) in [4.78, 5) is 26.7. The molecule has 2 aliphatic rings. The predicted octanol–water partition coefficient (Wildman–Crippen LogP) is 6.30. The third-order valence-corrected chi connectivity index (χ3v) is 6.84. The van der Waals surface area contributed by atoms with Gasteiger partial charge in [-0.1, -0.05) is 40.6 Å². The fraction of sp³-hybridized carbons (Fsp3) is 0.0435. The van der Waals surface area contributed by atoms with Gasteiger partial charge in [0.2, 0.25) is 5.12 Å². The van der Waals surface area contributed by atoms with Crippen molar-refractivity contribution in [3.63, 3.8) is 0 Å². The number of thioether (sulfide) groups is 1. The number of aromatic hydroxyl groups is 1. The molecule has 2 aromatic carbocycles. The second kappa shape index (κ2) is 8.63. The van der Waals surface area contributed by atoms with Gasteiger partial charge in [0.05, 0.1) is 5.56 Å². The number of hydrogen-bond donors (Lipinski definition) is 2. The molecule has 0 amide bonds. The molecule has 7 heteroatoms. The molecule has 30 heavy (non-hydrogen) atoms. The number of carbonyl (C=O) groups excluding carboxylic acids is 1. The van der Waals surface area contributed by atoms with Crippen LogP contribution in [0.4, 0.5) is 0 Å². The van der Waals surface area contributed by atoms with Gasteiger partial charge in [-0.25, -0.2) is 4.79 Å². The Morgan fingerprint density at radius 3 is 2.33 bits per heavy atom. The smallest absolute Gasteiger partial charge is 0.344 e. The van der Waals surface area contributed by atoms with Crippen LogP contribution in [0.5, 0.6) is 5.75 Å². The van der Waals surface area contributed by atoms with E-state index in [0.717, 1.165) is 27.8 Å².